The van der Waals surface area contributed by atoms with Crippen LogP contribution in [0.5, 0.6) is 0 Å². The van der Waals surface area contributed by atoms with Crippen molar-refractivity contribution >= 4 is 29.2 Å². The molecule has 0 spiro atoms. The number of amides is 1. The predicted molar refractivity (Wildman–Crippen MR) is 58.0 cm³/mol. The summed E-state index contributed by atoms with van der Waals surface area (Å²) in [5, 5.41) is 19.4. The van der Waals surface area contributed by atoms with Crippen LogP contribution in [0, 0.1) is 6.92 Å². The summed E-state index contributed by atoms with van der Waals surface area (Å²) < 4.78 is 0. The Kier molecular flexibility index (Phi) is 4.16. The second-order valence-electron chi connectivity index (χ2n) is 3.23. The fourth-order valence-corrected chi connectivity index (χ4v) is 1.82. The van der Waals surface area contributed by atoms with Crippen LogP contribution < -0.4 is 5.32 Å². The maximum Gasteiger partial charge on any atom is 0.326 e. The smallest absolute Gasteiger partial charge is 0.326 e. The van der Waals surface area contributed by atoms with Crippen LogP contribution in [0.25, 0.3) is 0 Å². The highest BCUT2D eigenvalue weighted by molar-refractivity contribution is 7.11. The van der Waals surface area contributed by atoms with Gasteiger partial charge in [-0.05, 0) is 6.92 Å². The highest BCUT2D eigenvalue weighted by Gasteiger charge is 2.24. The van der Waals surface area contributed by atoms with Crippen LogP contribution in [0.4, 0.5) is 0 Å². The molecule has 0 aromatic carbocycles. The van der Waals surface area contributed by atoms with Crippen LogP contribution >= 0.6 is 11.3 Å². The minimum atomic E-state index is -1.44. The first kappa shape index (κ1) is 13.1. The Morgan fingerprint density at radius 2 is 2.12 bits per heavy atom. The van der Waals surface area contributed by atoms with Gasteiger partial charge in [-0.3, -0.25) is 9.59 Å². The summed E-state index contributed by atoms with van der Waals surface area (Å²) in [5.41, 5.74) is 1.93. The molecule has 92 valence electrons. The van der Waals surface area contributed by atoms with E-state index in [1.807, 2.05) is 0 Å². The van der Waals surface area contributed by atoms with Crippen molar-refractivity contribution in [3.63, 3.8) is 0 Å². The SMILES string of the molecule is Cc1ncsc1C(=O)N[C@H](CC(=O)O)C(=O)O. The number of hydrogen-bond donors (Lipinski definition) is 3. The van der Waals surface area contributed by atoms with Crippen molar-refractivity contribution in [2.45, 2.75) is 19.4 Å². The third kappa shape index (κ3) is 3.52. The monoisotopic (exact) mass is 258 g/mol. The van der Waals surface area contributed by atoms with E-state index in [1.54, 1.807) is 6.92 Å². The molecule has 0 unspecified atom stereocenters. The van der Waals surface area contributed by atoms with E-state index in [0.717, 1.165) is 11.3 Å². The van der Waals surface area contributed by atoms with Crippen molar-refractivity contribution in [1.82, 2.24) is 10.3 Å². The van der Waals surface area contributed by atoms with Gasteiger partial charge in [0.25, 0.3) is 5.91 Å². The molecule has 0 aliphatic rings. The molecule has 1 amide bonds. The number of carbonyl (C=O) groups is 3. The highest BCUT2D eigenvalue weighted by Crippen LogP contribution is 2.12. The molecule has 0 bridgehead atoms. The van der Waals surface area contributed by atoms with E-state index in [0.29, 0.717) is 5.69 Å². The Balaban J connectivity index is 2.74. The molecular formula is C9H10N2O5S. The molecule has 0 radical (unpaired) electrons. The van der Waals surface area contributed by atoms with Gasteiger partial charge in [-0.1, -0.05) is 0 Å². The molecule has 3 N–H and O–H groups in total. The van der Waals surface area contributed by atoms with Gasteiger partial charge in [0, 0.05) is 0 Å². The molecule has 1 aromatic rings. The van der Waals surface area contributed by atoms with Gasteiger partial charge in [-0.25, -0.2) is 9.78 Å². The first-order chi connectivity index (χ1) is 7.91. The number of carbonyl (C=O) groups excluding carboxylic acids is 1. The van der Waals surface area contributed by atoms with Gasteiger partial charge in [-0.2, -0.15) is 0 Å². The maximum absolute atomic E-state index is 11.6. The van der Waals surface area contributed by atoms with Gasteiger partial charge >= 0.3 is 11.9 Å². The Morgan fingerprint density at radius 3 is 2.53 bits per heavy atom. The normalized spacial score (nSPS) is 11.8. The molecule has 0 saturated heterocycles. The van der Waals surface area contributed by atoms with E-state index in [1.165, 1.54) is 5.51 Å². The van der Waals surface area contributed by atoms with Gasteiger partial charge < -0.3 is 15.5 Å². The molecule has 17 heavy (non-hydrogen) atoms. The van der Waals surface area contributed by atoms with Crippen molar-refractivity contribution in [2.24, 2.45) is 0 Å². The molecule has 0 aliphatic carbocycles. The van der Waals surface area contributed by atoms with Gasteiger partial charge in [0.2, 0.25) is 0 Å². The highest BCUT2D eigenvalue weighted by atomic mass is 32.1. The second-order valence-corrected chi connectivity index (χ2v) is 4.08. The first-order valence-corrected chi connectivity index (χ1v) is 5.45. The number of carboxylic acids is 2. The van der Waals surface area contributed by atoms with Crippen molar-refractivity contribution < 1.29 is 24.6 Å². The van der Waals surface area contributed by atoms with Crippen molar-refractivity contribution in [1.29, 1.82) is 0 Å². The molecular weight excluding hydrogens is 248 g/mol. The van der Waals surface area contributed by atoms with Crippen molar-refractivity contribution in [3.8, 4) is 0 Å². The molecule has 1 atom stereocenters. The fraction of sp³-hybridized carbons (Fsp3) is 0.333. The lowest BCUT2D eigenvalue weighted by Crippen LogP contribution is -2.42. The van der Waals surface area contributed by atoms with E-state index in [2.05, 4.69) is 10.3 Å². The van der Waals surface area contributed by atoms with Crippen LogP contribution in [0.15, 0.2) is 5.51 Å². The molecule has 0 saturated carbocycles. The molecule has 1 rings (SSSR count). The zero-order valence-corrected chi connectivity index (χ0v) is 9.65. The van der Waals surface area contributed by atoms with Crippen LogP contribution in [0.3, 0.4) is 0 Å². The van der Waals surface area contributed by atoms with Crippen molar-refractivity contribution in [3.05, 3.63) is 16.1 Å². The van der Waals surface area contributed by atoms with Gasteiger partial charge in [-0.15, -0.1) is 11.3 Å². The number of nitrogens with one attached hydrogen (secondary N) is 1. The quantitative estimate of drug-likeness (QED) is 0.690. The van der Waals surface area contributed by atoms with Crippen LogP contribution in [0.1, 0.15) is 21.8 Å². The summed E-state index contributed by atoms with van der Waals surface area (Å²) in [5.74, 6) is -3.31. The minimum Gasteiger partial charge on any atom is -0.481 e. The molecule has 1 heterocycles. The molecule has 8 heteroatoms. The zero-order chi connectivity index (χ0) is 13.0. The Labute approximate surface area is 100 Å². The van der Waals surface area contributed by atoms with Crippen LogP contribution in [0.2, 0.25) is 0 Å². The summed E-state index contributed by atoms with van der Waals surface area (Å²) >= 11 is 1.07. The van der Waals surface area contributed by atoms with Gasteiger partial charge in [0.05, 0.1) is 17.6 Å². The largest absolute Gasteiger partial charge is 0.481 e. The zero-order valence-electron chi connectivity index (χ0n) is 8.84. The summed E-state index contributed by atoms with van der Waals surface area (Å²) in [7, 11) is 0. The number of thiazole rings is 1. The Morgan fingerprint density at radius 1 is 1.47 bits per heavy atom. The molecule has 1 aromatic heterocycles. The predicted octanol–water partition coefficient (Wildman–Crippen LogP) is 0.109. The third-order valence-electron chi connectivity index (χ3n) is 1.93. The van der Waals surface area contributed by atoms with E-state index < -0.39 is 30.3 Å². The Hall–Kier alpha value is -1.96. The number of carboxylic acid groups (broad SMARTS) is 2. The number of aliphatic carboxylic acids is 2. The minimum absolute atomic E-state index is 0.279. The fourth-order valence-electron chi connectivity index (χ4n) is 1.12. The lowest BCUT2D eigenvalue weighted by Gasteiger charge is -2.11. The second kappa shape index (κ2) is 5.39. The van der Waals surface area contributed by atoms with Gasteiger partial charge in [0.15, 0.2) is 0 Å². The summed E-state index contributed by atoms with van der Waals surface area (Å²) in [6, 6.07) is -1.44. The maximum atomic E-state index is 11.6. The molecule has 0 aliphatic heterocycles. The number of hydrogen-bond acceptors (Lipinski definition) is 5. The van der Waals surface area contributed by atoms with Crippen LogP contribution in [-0.2, 0) is 9.59 Å². The van der Waals surface area contributed by atoms with Gasteiger partial charge in [0.1, 0.15) is 10.9 Å². The van der Waals surface area contributed by atoms with Crippen LogP contribution in [-0.4, -0.2) is 39.1 Å². The molecule has 7 nitrogen and oxygen atoms in total. The summed E-state index contributed by atoms with van der Waals surface area (Å²) in [4.78, 5) is 36.9. The molecule has 0 fully saturated rings. The number of rotatable bonds is 5. The lowest BCUT2D eigenvalue weighted by molar-refractivity contribution is -0.145. The lowest BCUT2D eigenvalue weighted by atomic mass is 10.2. The van der Waals surface area contributed by atoms with E-state index in [-0.39, 0.29) is 4.88 Å². The standard InChI is InChI=1S/C9H10N2O5S/c1-4-7(17-3-10-4)8(14)11-5(9(15)16)2-6(12)13/h3,5H,2H2,1H3,(H,11,14)(H,12,13)(H,15,16)/t5-/m1/s1. The van der Waals surface area contributed by atoms with E-state index in [4.69, 9.17) is 10.2 Å². The number of aromatic nitrogens is 1. The summed E-state index contributed by atoms with van der Waals surface area (Å²) in [6.07, 6.45) is -0.668. The average Bonchev–Trinajstić information content (AvgIpc) is 2.62. The topological polar surface area (TPSA) is 117 Å². The Bertz CT molecular complexity index is 456. The average molecular weight is 258 g/mol. The van der Waals surface area contributed by atoms with E-state index >= 15 is 0 Å². The van der Waals surface area contributed by atoms with Crippen molar-refractivity contribution in [2.75, 3.05) is 0 Å². The first-order valence-electron chi connectivity index (χ1n) is 4.57. The summed E-state index contributed by atoms with van der Waals surface area (Å²) in [6.45, 7) is 1.61. The number of aryl methyl sites for hydroxylation is 1. The number of nitrogens with zero attached hydrogens (tertiary/aromatic N) is 1. The third-order valence-corrected chi connectivity index (χ3v) is 2.86. The van der Waals surface area contributed by atoms with E-state index in [9.17, 15) is 14.4 Å².